The van der Waals surface area contributed by atoms with E-state index in [9.17, 15) is 0 Å². The molecule has 2 heteroatoms. The first-order chi connectivity index (χ1) is 6.34. The molecule has 1 aliphatic heterocycles. The summed E-state index contributed by atoms with van der Waals surface area (Å²) in [5, 5.41) is 0. The molecule has 1 aliphatic rings. The smallest absolute Gasteiger partial charge is 0.134 e. The summed E-state index contributed by atoms with van der Waals surface area (Å²) in [5.74, 6) is 1.10. The van der Waals surface area contributed by atoms with Crippen LogP contribution in [0.3, 0.4) is 0 Å². The summed E-state index contributed by atoms with van der Waals surface area (Å²) >= 11 is 0. The maximum atomic E-state index is 4.53. The van der Waals surface area contributed by atoms with Gasteiger partial charge in [0.1, 0.15) is 5.82 Å². The molecule has 0 fully saturated rings. The van der Waals surface area contributed by atoms with Gasteiger partial charge in [0.15, 0.2) is 0 Å². The Bertz CT molecular complexity index is 506. The Kier molecular flexibility index (Phi) is 1.18. The van der Waals surface area contributed by atoms with E-state index in [2.05, 4.69) is 40.7 Å². The third-order valence-corrected chi connectivity index (χ3v) is 2.47. The van der Waals surface area contributed by atoms with Crippen molar-refractivity contribution in [2.24, 2.45) is 0 Å². The Morgan fingerprint density at radius 1 is 1.31 bits per heavy atom. The van der Waals surface area contributed by atoms with E-state index in [0.717, 1.165) is 17.9 Å². The average Bonchev–Trinajstić information content (AvgIpc) is 2.60. The predicted octanol–water partition coefficient (Wildman–Crippen LogP) is 2.45. The minimum absolute atomic E-state index is 0.996. The monoisotopic (exact) mass is 170 g/mol. The Labute approximate surface area is 76.5 Å². The fourth-order valence-electron chi connectivity index (χ4n) is 1.89. The summed E-state index contributed by atoms with van der Waals surface area (Å²) in [5.41, 5.74) is 3.72. The lowest BCUT2D eigenvalue weighted by atomic mass is 10.3. The first-order valence-corrected chi connectivity index (χ1v) is 4.47. The Morgan fingerprint density at radius 3 is 3.08 bits per heavy atom. The maximum absolute atomic E-state index is 4.53. The van der Waals surface area contributed by atoms with Crippen LogP contribution < -0.4 is 0 Å². The Balaban J connectivity index is 2.39. The van der Waals surface area contributed by atoms with Gasteiger partial charge in [-0.2, -0.15) is 0 Å². The zero-order valence-corrected chi connectivity index (χ0v) is 7.49. The van der Waals surface area contributed by atoms with Crippen LogP contribution in [0.4, 0.5) is 0 Å². The van der Waals surface area contributed by atoms with E-state index in [1.54, 1.807) is 0 Å². The molecule has 1 aromatic heterocycles. The molecular formula is C11H10N2. The van der Waals surface area contributed by atoms with Gasteiger partial charge in [-0.05, 0) is 30.7 Å². The molecule has 0 bridgehead atoms. The lowest BCUT2D eigenvalue weighted by molar-refractivity contribution is 0.835. The largest absolute Gasteiger partial charge is 0.320 e. The Hall–Kier alpha value is -1.57. The second kappa shape index (κ2) is 2.22. The van der Waals surface area contributed by atoms with Crippen LogP contribution in [0.15, 0.2) is 29.8 Å². The van der Waals surface area contributed by atoms with E-state index in [4.69, 9.17) is 0 Å². The molecule has 0 radical (unpaired) electrons. The number of rotatable bonds is 0. The van der Waals surface area contributed by atoms with Crippen molar-refractivity contribution in [3.63, 3.8) is 0 Å². The standard InChI is InChI=1S/C11H10N2/c1-8-6-11-12-9-4-2-3-5-10(9)13(11)7-8/h2-6H,7H2,1H3. The minimum atomic E-state index is 0.996. The highest BCUT2D eigenvalue weighted by Gasteiger charge is 2.13. The number of fused-ring (bicyclic) bond motifs is 3. The van der Waals surface area contributed by atoms with Crippen LogP contribution in [0.1, 0.15) is 12.7 Å². The molecule has 0 spiro atoms. The van der Waals surface area contributed by atoms with Crippen molar-refractivity contribution < 1.29 is 0 Å². The molecular weight excluding hydrogens is 160 g/mol. The minimum Gasteiger partial charge on any atom is -0.320 e. The molecule has 3 rings (SSSR count). The van der Waals surface area contributed by atoms with Gasteiger partial charge in [0.2, 0.25) is 0 Å². The van der Waals surface area contributed by atoms with Gasteiger partial charge in [0.25, 0.3) is 0 Å². The van der Waals surface area contributed by atoms with Gasteiger partial charge in [0.05, 0.1) is 11.0 Å². The summed E-state index contributed by atoms with van der Waals surface area (Å²) in [6, 6.07) is 8.27. The Morgan fingerprint density at radius 2 is 2.15 bits per heavy atom. The summed E-state index contributed by atoms with van der Waals surface area (Å²) in [6.07, 6.45) is 2.15. The van der Waals surface area contributed by atoms with Crippen molar-refractivity contribution in [2.75, 3.05) is 0 Å². The fourth-order valence-corrected chi connectivity index (χ4v) is 1.89. The highest BCUT2D eigenvalue weighted by Crippen LogP contribution is 2.23. The van der Waals surface area contributed by atoms with Gasteiger partial charge in [-0.25, -0.2) is 4.98 Å². The summed E-state index contributed by atoms with van der Waals surface area (Å²) in [7, 11) is 0. The number of allylic oxidation sites excluding steroid dienone is 1. The molecule has 64 valence electrons. The first-order valence-electron chi connectivity index (χ1n) is 4.47. The highest BCUT2D eigenvalue weighted by atomic mass is 15.1. The van der Waals surface area contributed by atoms with E-state index in [1.165, 1.54) is 11.1 Å². The number of hydrogen-bond acceptors (Lipinski definition) is 1. The summed E-state index contributed by atoms with van der Waals surface area (Å²) in [6.45, 7) is 3.14. The first kappa shape index (κ1) is 6.89. The van der Waals surface area contributed by atoms with Gasteiger partial charge in [0, 0.05) is 6.54 Å². The van der Waals surface area contributed by atoms with Crippen molar-refractivity contribution in [1.82, 2.24) is 9.55 Å². The van der Waals surface area contributed by atoms with Gasteiger partial charge >= 0.3 is 0 Å². The molecule has 2 heterocycles. The molecule has 0 unspecified atom stereocenters. The molecule has 2 nitrogen and oxygen atoms in total. The summed E-state index contributed by atoms with van der Waals surface area (Å²) < 4.78 is 2.25. The zero-order valence-electron chi connectivity index (χ0n) is 7.49. The van der Waals surface area contributed by atoms with Crippen LogP contribution in [0.25, 0.3) is 17.1 Å². The second-order valence-corrected chi connectivity index (χ2v) is 3.54. The number of imidazole rings is 1. The molecule has 0 amide bonds. The van der Waals surface area contributed by atoms with E-state index >= 15 is 0 Å². The fraction of sp³-hybridized carbons (Fsp3) is 0.182. The number of aromatic nitrogens is 2. The maximum Gasteiger partial charge on any atom is 0.134 e. The number of nitrogens with zero attached hydrogens (tertiary/aromatic N) is 2. The lowest BCUT2D eigenvalue weighted by Crippen LogP contribution is -1.93. The zero-order chi connectivity index (χ0) is 8.84. The number of hydrogen-bond donors (Lipinski definition) is 0. The van der Waals surface area contributed by atoms with Crippen molar-refractivity contribution in [3.8, 4) is 0 Å². The highest BCUT2D eigenvalue weighted by molar-refractivity contribution is 5.79. The van der Waals surface area contributed by atoms with Gasteiger partial charge in [-0.1, -0.05) is 12.1 Å². The topological polar surface area (TPSA) is 17.8 Å². The molecule has 0 saturated heterocycles. The molecule has 13 heavy (non-hydrogen) atoms. The van der Waals surface area contributed by atoms with E-state index in [1.807, 2.05) is 6.07 Å². The molecule has 2 aromatic rings. The molecule has 1 aromatic carbocycles. The second-order valence-electron chi connectivity index (χ2n) is 3.54. The third kappa shape index (κ3) is 0.856. The van der Waals surface area contributed by atoms with Crippen molar-refractivity contribution in [3.05, 3.63) is 35.7 Å². The van der Waals surface area contributed by atoms with Gasteiger partial charge < -0.3 is 4.57 Å². The number of benzene rings is 1. The molecule has 0 saturated carbocycles. The predicted molar refractivity (Wildman–Crippen MR) is 53.4 cm³/mol. The van der Waals surface area contributed by atoms with Crippen LogP contribution in [0, 0.1) is 0 Å². The molecule has 0 N–H and O–H groups in total. The van der Waals surface area contributed by atoms with Crippen molar-refractivity contribution >= 4 is 17.1 Å². The van der Waals surface area contributed by atoms with Crippen LogP contribution in [-0.2, 0) is 6.54 Å². The average molecular weight is 170 g/mol. The van der Waals surface area contributed by atoms with Gasteiger partial charge in [-0.15, -0.1) is 0 Å². The van der Waals surface area contributed by atoms with E-state index in [-0.39, 0.29) is 0 Å². The third-order valence-electron chi connectivity index (χ3n) is 2.47. The van der Waals surface area contributed by atoms with Gasteiger partial charge in [-0.3, -0.25) is 0 Å². The van der Waals surface area contributed by atoms with E-state index in [0.29, 0.717) is 0 Å². The molecule has 0 aliphatic carbocycles. The number of para-hydroxylation sites is 2. The van der Waals surface area contributed by atoms with Crippen LogP contribution in [0.5, 0.6) is 0 Å². The lowest BCUT2D eigenvalue weighted by Gasteiger charge is -1.98. The van der Waals surface area contributed by atoms with Crippen molar-refractivity contribution in [1.29, 1.82) is 0 Å². The normalized spacial score (nSPS) is 14.7. The van der Waals surface area contributed by atoms with Crippen LogP contribution in [0.2, 0.25) is 0 Å². The quantitative estimate of drug-likeness (QED) is 0.593. The van der Waals surface area contributed by atoms with E-state index < -0.39 is 0 Å². The SMILES string of the molecule is CC1=Cc2nc3ccccc3n2C1. The summed E-state index contributed by atoms with van der Waals surface area (Å²) in [4.78, 5) is 4.53. The van der Waals surface area contributed by atoms with Crippen molar-refractivity contribution in [2.45, 2.75) is 13.5 Å². The van der Waals surface area contributed by atoms with Crippen LogP contribution >= 0.6 is 0 Å². The molecule has 0 atom stereocenters. The van der Waals surface area contributed by atoms with Crippen LogP contribution in [-0.4, -0.2) is 9.55 Å².